The Morgan fingerprint density at radius 1 is 1.41 bits per heavy atom. The summed E-state index contributed by atoms with van der Waals surface area (Å²) >= 11 is 0. The maximum atomic E-state index is 12.4. The quantitative estimate of drug-likeness (QED) is 0.516. The molecule has 1 amide bonds. The monoisotopic (exact) mass is 392 g/mol. The molecule has 0 spiro atoms. The molecule has 29 heavy (non-hydrogen) atoms. The van der Waals surface area contributed by atoms with Crippen LogP contribution in [0.2, 0.25) is 0 Å². The lowest BCUT2D eigenvalue weighted by Crippen LogP contribution is -2.23. The van der Waals surface area contributed by atoms with Gasteiger partial charge in [-0.05, 0) is 45.0 Å². The van der Waals surface area contributed by atoms with E-state index in [4.69, 9.17) is 9.47 Å². The standard InChI is InChI=1S/C22H24N4O3/c1-4-28-20-10-16-9-14(2)29-21(16)11-17(20)12-23-25-22(27)13-26-15(3)24-18-7-5-6-8-19(18)26/h5-8,10-12,14H,4,9,13H2,1-3H3,(H,25,27)/b23-12-/t14-/m1/s1. The molecule has 1 N–H and O–H groups in total. The van der Waals surface area contributed by atoms with Crippen molar-refractivity contribution in [1.29, 1.82) is 0 Å². The van der Waals surface area contributed by atoms with Gasteiger partial charge in [-0.2, -0.15) is 5.10 Å². The number of hydrogen-bond donors (Lipinski definition) is 1. The van der Waals surface area contributed by atoms with E-state index in [9.17, 15) is 4.79 Å². The molecular weight excluding hydrogens is 368 g/mol. The number of nitrogens with one attached hydrogen (secondary N) is 1. The van der Waals surface area contributed by atoms with Gasteiger partial charge in [-0.25, -0.2) is 10.4 Å². The van der Waals surface area contributed by atoms with Crippen LogP contribution in [0.4, 0.5) is 0 Å². The molecule has 150 valence electrons. The molecule has 0 fully saturated rings. The van der Waals surface area contributed by atoms with Crippen LogP contribution in [-0.2, 0) is 17.8 Å². The van der Waals surface area contributed by atoms with Crippen molar-refractivity contribution < 1.29 is 14.3 Å². The molecular formula is C22H24N4O3. The molecule has 2 heterocycles. The molecule has 2 aromatic carbocycles. The highest BCUT2D eigenvalue weighted by molar-refractivity contribution is 5.87. The molecule has 1 aliphatic rings. The molecule has 3 aromatic rings. The summed E-state index contributed by atoms with van der Waals surface area (Å²) in [4.78, 5) is 16.9. The molecule has 0 radical (unpaired) electrons. The fraction of sp³-hybridized carbons (Fsp3) is 0.318. The van der Waals surface area contributed by atoms with Crippen LogP contribution >= 0.6 is 0 Å². The maximum absolute atomic E-state index is 12.4. The summed E-state index contributed by atoms with van der Waals surface area (Å²) in [6, 6.07) is 11.6. The second-order valence-electron chi connectivity index (χ2n) is 7.09. The van der Waals surface area contributed by atoms with Crippen LogP contribution < -0.4 is 14.9 Å². The van der Waals surface area contributed by atoms with E-state index in [-0.39, 0.29) is 18.6 Å². The summed E-state index contributed by atoms with van der Waals surface area (Å²) in [5.74, 6) is 2.14. The van der Waals surface area contributed by atoms with E-state index in [0.717, 1.165) is 45.9 Å². The Labute approximate surface area is 169 Å². The van der Waals surface area contributed by atoms with Gasteiger partial charge in [0.25, 0.3) is 5.91 Å². The summed E-state index contributed by atoms with van der Waals surface area (Å²) in [7, 11) is 0. The first-order valence-electron chi connectivity index (χ1n) is 9.75. The van der Waals surface area contributed by atoms with Gasteiger partial charge in [-0.3, -0.25) is 4.79 Å². The van der Waals surface area contributed by atoms with Crippen molar-refractivity contribution in [2.75, 3.05) is 6.61 Å². The van der Waals surface area contributed by atoms with Crippen LogP contribution in [-0.4, -0.2) is 34.4 Å². The number of fused-ring (bicyclic) bond motifs is 2. The van der Waals surface area contributed by atoms with E-state index >= 15 is 0 Å². The molecule has 1 aromatic heterocycles. The topological polar surface area (TPSA) is 77.7 Å². The first kappa shape index (κ1) is 19.0. The van der Waals surface area contributed by atoms with Crippen LogP contribution in [0.5, 0.6) is 11.5 Å². The number of rotatable bonds is 6. The van der Waals surface area contributed by atoms with Crippen molar-refractivity contribution >= 4 is 23.2 Å². The zero-order valence-corrected chi connectivity index (χ0v) is 16.8. The van der Waals surface area contributed by atoms with Crippen LogP contribution in [0.25, 0.3) is 11.0 Å². The smallest absolute Gasteiger partial charge is 0.260 e. The summed E-state index contributed by atoms with van der Waals surface area (Å²) in [5, 5.41) is 4.13. The first-order valence-corrected chi connectivity index (χ1v) is 9.75. The van der Waals surface area contributed by atoms with Crippen molar-refractivity contribution in [1.82, 2.24) is 15.0 Å². The number of hydrazone groups is 1. The van der Waals surface area contributed by atoms with E-state index < -0.39 is 0 Å². The van der Waals surface area contributed by atoms with Gasteiger partial charge < -0.3 is 14.0 Å². The number of hydrogen-bond acceptors (Lipinski definition) is 5. The second kappa shape index (κ2) is 7.95. The Bertz CT molecular complexity index is 1090. The molecule has 4 rings (SSSR count). The lowest BCUT2D eigenvalue weighted by atomic mass is 10.1. The van der Waals surface area contributed by atoms with Gasteiger partial charge in [0.2, 0.25) is 0 Å². The van der Waals surface area contributed by atoms with Crippen LogP contribution in [0, 0.1) is 6.92 Å². The number of carbonyl (C=O) groups is 1. The zero-order chi connectivity index (χ0) is 20.4. The highest BCUT2D eigenvalue weighted by atomic mass is 16.5. The van der Waals surface area contributed by atoms with Crippen molar-refractivity contribution in [3.8, 4) is 11.5 Å². The third-order valence-electron chi connectivity index (χ3n) is 4.87. The number of aryl methyl sites for hydroxylation is 1. The first-order chi connectivity index (χ1) is 14.0. The number of para-hydroxylation sites is 2. The minimum absolute atomic E-state index is 0.146. The van der Waals surface area contributed by atoms with Crippen molar-refractivity contribution in [3.05, 3.63) is 53.3 Å². The molecule has 7 heteroatoms. The fourth-order valence-corrected chi connectivity index (χ4v) is 3.58. The van der Waals surface area contributed by atoms with E-state index in [2.05, 4.69) is 15.5 Å². The molecule has 1 atom stereocenters. The van der Waals surface area contributed by atoms with Gasteiger partial charge in [-0.15, -0.1) is 0 Å². The van der Waals surface area contributed by atoms with E-state index in [0.29, 0.717) is 6.61 Å². The van der Waals surface area contributed by atoms with Gasteiger partial charge in [-0.1, -0.05) is 12.1 Å². The van der Waals surface area contributed by atoms with Crippen LogP contribution in [0.1, 0.15) is 30.8 Å². The van der Waals surface area contributed by atoms with Crippen molar-refractivity contribution in [2.24, 2.45) is 5.10 Å². The number of ether oxygens (including phenoxy) is 2. The normalized spacial score (nSPS) is 15.5. The predicted molar refractivity (Wildman–Crippen MR) is 112 cm³/mol. The minimum Gasteiger partial charge on any atom is -0.493 e. The summed E-state index contributed by atoms with van der Waals surface area (Å²) in [6.07, 6.45) is 2.61. The number of imidazole rings is 1. The maximum Gasteiger partial charge on any atom is 0.260 e. The molecule has 0 aliphatic carbocycles. The lowest BCUT2D eigenvalue weighted by Gasteiger charge is -2.10. The Hall–Kier alpha value is -3.35. The Balaban J connectivity index is 1.48. The number of aromatic nitrogens is 2. The summed E-state index contributed by atoms with van der Waals surface area (Å²) < 4.78 is 13.4. The van der Waals surface area contributed by atoms with E-state index in [1.807, 2.05) is 61.7 Å². The lowest BCUT2D eigenvalue weighted by molar-refractivity contribution is -0.121. The molecule has 0 saturated heterocycles. The fourth-order valence-electron chi connectivity index (χ4n) is 3.58. The molecule has 7 nitrogen and oxygen atoms in total. The van der Waals surface area contributed by atoms with Crippen LogP contribution in [0.15, 0.2) is 41.5 Å². The average Bonchev–Trinajstić information content (AvgIpc) is 3.20. The molecule has 0 saturated carbocycles. The number of carbonyl (C=O) groups excluding carboxylic acids is 1. The average molecular weight is 392 g/mol. The highest BCUT2D eigenvalue weighted by Gasteiger charge is 2.21. The number of benzene rings is 2. The van der Waals surface area contributed by atoms with Gasteiger partial charge in [0.05, 0.1) is 23.9 Å². The SMILES string of the molecule is CCOc1cc2c(cc1/C=N\NC(=O)Cn1c(C)nc3ccccc31)O[C@H](C)C2. The van der Waals surface area contributed by atoms with E-state index in [1.54, 1.807) is 6.21 Å². The predicted octanol–water partition coefficient (Wildman–Crippen LogP) is 3.22. The second-order valence-corrected chi connectivity index (χ2v) is 7.09. The van der Waals surface area contributed by atoms with Gasteiger partial charge in [0, 0.05) is 17.5 Å². The zero-order valence-electron chi connectivity index (χ0n) is 16.8. The van der Waals surface area contributed by atoms with E-state index in [1.165, 1.54) is 0 Å². The Morgan fingerprint density at radius 3 is 3.07 bits per heavy atom. The van der Waals surface area contributed by atoms with Crippen LogP contribution in [0.3, 0.4) is 0 Å². The third kappa shape index (κ3) is 3.94. The highest BCUT2D eigenvalue weighted by Crippen LogP contribution is 2.34. The van der Waals surface area contributed by atoms with Crippen molar-refractivity contribution in [3.63, 3.8) is 0 Å². The van der Waals surface area contributed by atoms with Gasteiger partial charge >= 0.3 is 0 Å². The molecule has 1 aliphatic heterocycles. The van der Waals surface area contributed by atoms with Gasteiger partial charge in [0.1, 0.15) is 30.0 Å². The minimum atomic E-state index is -0.225. The largest absolute Gasteiger partial charge is 0.493 e. The molecule has 0 unspecified atom stereocenters. The number of nitrogens with zero attached hydrogens (tertiary/aromatic N) is 3. The third-order valence-corrected chi connectivity index (χ3v) is 4.87. The number of amides is 1. The Morgan fingerprint density at radius 2 is 2.24 bits per heavy atom. The van der Waals surface area contributed by atoms with Crippen molar-refractivity contribution in [2.45, 2.75) is 39.8 Å². The van der Waals surface area contributed by atoms with Gasteiger partial charge in [0.15, 0.2) is 0 Å². The summed E-state index contributed by atoms with van der Waals surface area (Å²) in [5.41, 5.74) is 6.28. The Kier molecular flexibility index (Phi) is 5.20. The molecule has 0 bridgehead atoms. The summed E-state index contributed by atoms with van der Waals surface area (Å²) in [6.45, 7) is 6.56.